The van der Waals surface area contributed by atoms with Crippen molar-refractivity contribution in [3.8, 4) is 17.2 Å². The molecule has 0 radical (unpaired) electrons. The fourth-order valence-electron chi connectivity index (χ4n) is 1.69. The molecule has 5 nitrogen and oxygen atoms in total. The topological polar surface area (TPSA) is 72.6 Å². The Bertz CT molecular complexity index is 621. The number of rotatable bonds is 4. The summed E-state index contributed by atoms with van der Waals surface area (Å²) in [4.78, 5) is 14.8. The van der Waals surface area contributed by atoms with E-state index in [4.69, 9.17) is 14.3 Å². The summed E-state index contributed by atoms with van der Waals surface area (Å²) in [7, 11) is 1.45. The Morgan fingerprint density at radius 3 is 2.89 bits per heavy atom. The van der Waals surface area contributed by atoms with E-state index in [9.17, 15) is 9.18 Å². The molecule has 1 heterocycles. The van der Waals surface area contributed by atoms with E-state index in [1.807, 2.05) is 0 Å². The largest absolute Gasteiger partial charge is 0.496 e. The van der Waals surface area contributed by atoms with Crippen LogP contribution >= 0.6 is 0 Å². The lowest BCUT2D eigenvalue weighted by molar-refractivity contribution is -0.136. The summed E-state index contributed by atoms with van der Waals surface area (Å²) in [5.41, 5.74) is 0.811. The first-order valence-corrected chi connectivity index (χ1v) is 5.53. The number of carbonyl (C=O) groups is 1. The third-order valence-electron chi connectivity index (χ3n) is 2.60. The molecule has 0 spiro atoms. The summed E-state index contributed by atoms with van der Waals surface area (Å²) < 4.78 is 23.7. The van der Waals surface area contributed by atoms with Gasteiger partial charge in [0.25, 0.3) is 0 Å². The first-order chi connectivity index (χ1) is 9.01. The SMILES string of the molecule is COc1ccc(F)cc1-c1nc(C)c(CC(=O)O)o1. The number of aliphatic carboxylic acids is 1. The minimum absolute atomic E-state index is 0.144. The van der Waals surface area contributed by atoms with Crippen LogP contribution in [0.25, 0.3) is 11.5 Å². The molecule has 0 atom stereocenters. The number of hydrogen-bond donors (Lipinski definition) is 1. The van der Waals surface area contributed by atoms with E-state index in [2.05, 4.69) is 4.98 Å². The van der Waals surface area contributed by atoms with E-state index in [1.54, 1.807) is 6.92 Å². The number of methoxy groups -OCH3 is 1. The molecule has 0 saturated heterocycles. The number of halogens is 1. The molecule has 0 amide bonds. The summed E-state index contributed by atoms with van der Waals surface area (Å²) >= 11 is 0. The average molecular weight is 265 g/mol. The summed E-state index contributed by atoms with van der Waals surface area (Å²) in [6, 6.07) is 3.95. The minimum Gasteiger partial charge on any atom is -0.496 e. The van der Waals surface area contributed by atoms with Crippen molar-refractivity contribution >= 4 is 5.97 Å². The maximum atomic E-state index is 13.3. The summed E-state index contributed by atoms with van der Waals surface area (Å²) in [6.07, 6.45) is -0.267. The number of benzene rings is 1. The number of carboxylic acids is 1. The predicted molar refractivity (Wildman–Crippen MR) is 64.5 cm³/mol. The Morgan fingerprint density at radius 2 is 2.26 bits per heavy atom. The van der Waals surface area contributed by atoms with Crippen LogP contribution in [0.5, 0.6) is 5.75 Å². The molecule has 100 valence electrons. The Balaban J connectivity index is 2.47. The highest BCUT2D eigenvalue weighted by molar-refractivity contribution is 5.70. The van der Waals surface area contributed by atoms with Gasteiger partial charge in [-0.25, -0.2) is 9.37 Å². The van der Waals surface area contributed by atoms with Crippen molar-refractivity contribution < 1.29 is 23.4 Å². The molecule has 2 aromatic rings. The van der Waals surface area contributed by atoms with Crippen molar-refractivity contribution in [2.45, 2.75) is 13.3 Å². The number of nitrogens with zero attached hydrogens (tertiary/aromatic N) is 1. The second kappa shape index (κ2) is 5.09. The van der Waals surface area contributed by atoms with Gasteiger partial charge in [0.15, 0.2) is 0 Å². The highest BCUT2D eigenvalue weighted by Crippen LogP contribution is 2.31. The number of ether oxygens (including phenoxy) is 1. The lowest BCUT2D eigenvalue weighted by Gasteiger charge is -2.04. The van der Waals surface area contributed by atoms with Gasteiger partial charge in [-0.1, -0.05) is 0 Å². The van der Waals surface area contributed by atoms with Crippen molar-refractivity contribution in [3.05, 3.63) is 35.5 Å². The van der Waals surface area contributed by atoms with Crippen LogP contribution in [0, 0.1) is 12.7 Å². The normalized spacial score (nSPS) is 10.5. The Kier molecular flexibility index (Phi) is 3.50. The molecule has 1 aromatic heterocycles. The van der Waals surface area contributed by atoms with Crippen LogP contribution in [-0.2, 0) is 11.2 Å². The molecule has 2 rings (SSSR count). The smallest absolute Gasteiger partial charge is 0.311 e. The van der Waals surface area contributed by atoms with Crippen molar-refractivity contribution in [1.29, 1.82) is 0 Å². The molecule has 0 unspecified atom stereocenters. The predicted octanol–water partition coefficient (Wildman–Crippen LogP) is 2.42. The Labute approximate surface area is 108 Å². The zero-order valence-electron chi connectivity index (χ0n) is 10.4. The fraction of sp³-hybridized carbons (Fsp3) is 0.231. The van der Waals surface area contributed by atoms with Crippen molar-refractivity contribution in [1.82, 2.24) is 4.98 Å². The highest BCUT2D eigenvalue weighted by Gasteiger charge is 2.17. The van der Waals surface area contributed by atoms with Crippen LogP contribution in [0.2, 0.25) is 0 Å². The van der Waals surface area contributed by atoms with Crippen LogP contribution in [0.15, 0.2) is 22.6 Å². The van der Waals surface area contributed by atoms with E-state index in [1.165, 1.54) is 25.3 Å². The molecule has 6 heteroatoms. The van der Waals surface area contributed by atoms with Gasteiger partial charge >= 0.3 is 5.97 Å². The monoisotopic (exact) mass is 265 g/mol. The van der Waals surface area contributed by atoms with Crippen LogP contribution in [0.1, 0.15) is 11.5 Å². The first-order valence-electron chi connectivity index (χ1n) is 5.53. The van der Waals surface area contributed by atoms with Gasteiger partial charge in [0.2, 0.25) is 5.89 Å². The average Bonchev–Trinajstić information content (AvgIpc) is 2.70. The number of oxazole rings is 1. The third-order valence-corrected chi connectivity index (χ3v) is 2.60. The van der Waals surface area contributed by atoms with Crippen LogP contribution in [0.4, 0.5) is 4.39 Å². The standard InChI is InChI=1S/C13H12FNO4/c1-7-11(6-12(16)17)19-13(15-7)9-5-8(14)3-4-10(9)18-2/h3-5H,6H2,1-2H3,(H,16,17). The van der Waals surface area contributed by atoms with Crippen LogP contribution in [0.3, 0.4) is 0 Å². The highest BCUT2D eigenvalue weighted by atomic mass is 19.1. The lowest BCUT2D eigenvalue weighted by Crippen LogP contribution is -1.99. The maximum Gasteiger partial charge on any atom is 0.311 e. The van der Waals surface area contributed by atoms with E-state index in [0.29, 0.717) is 17.0 Å². The van der Waals surface area contributed by atoms with Gasteiger partial charge in [-0.2, -0.15) is 0 Å². The molecule has 19 heavy (non-hydrogen) atoms. The number of hydrogen-bond acceptors (Lipinski definition) is 4. The van der Waals surface area contributed by atoms with Crippen LogP contribution in [-0.4, -0.2) is 23.2 Å². The van der Waals surface area contributed by atoms with Gasteiger partial charge < -0.3 is 14.3 Å². The molecule has 0 saturated carbocycles. The quantitative estimate of drug-likeness (QED) is 0.919. The number of carboxylic acid groups (broad SMARTS) is 1. The lowest BCUT2D eigenvalue weighted by atomic mass is 10.2. The van der Waals surface area contributed by atoms with Gasteiger partial charge in [-0.3, -0.25) is 4.79 Å². The molecule has 1 aromatic carbocycles. The fourth-order valence-corrected chi connectivity index (χ4v) is 1.69. The second-order valence-corrected chi connectivity index (χ2v) is 3.94. The molecule has 0 aliphatic heterocycles. The van der Waals surface area contributed by atoms with E-state index >= 15 is 0 Å². The van der Waals surface area contributed by atoms with Crippen LogP contribution < -0.4 is 4.74 Å². The zero-order valence-corrected chi connectivity index (χ0v) is 10.4. The second-order valence-electron chi connectivity index (χ2n) is 3.94. The molecule has 0 bridgehead atoms. The molecule has 0 aliphatic carbocycles. The Hall–Kier alpha value is -2.37. The van der Waals surface area contributed by atoms with Gasteiger partial charge in [0, 0.05) is 0 Å². The number of aryl methyl sites for hydroxylation is 1. The molecular weight excluding hydrogens is 253 g/mol. The third kappa shape index (κ3) is 2.73. The minimum atomic E-state index is -1.02. The summed E-state index contributed by atoms with van der Waals surface area (Å²) in [5.74, 6) is -0.674. The van der Waals surface area contributed by atoms with E-state index < -0.39 is 11.8 Å². The van der Waals surface area contributed by atoms with Crippen molar-refractivity contribution in [3.63, 3.8) is 0 Å². The Morgan fingerprint density at radius 1 is 1.53 bits per heavy atom. The van der Waals surface area contributed by atoms with Gasteiger partial charge in [-0.05, 0) is 25.1 Å². The molecular formula is C13H12FNO4. The summed E-state index contributed by atoms with van der Waals surface area (Å²) in [5, 5.41) is 8.74. The van der Waals surface area contributed by atoms with E-state index in [-0.39, 0.29) is 18.1 Å². The van der Waals surface area contributed by atoms with Gasteiger partial charge in [0.1, 0.15) is 23.7 Å². The zero-order chi connectivity index (χ0) is 14.0. The van der Waals surface area contributed by atoms with Gasteiger partial charge in [-0.15, -0.1) is 0 Å². The maximum absolute atomic E-state index is 13.3. The van der Waals surface area contributed by atoms with Crippen molar-refractivity contribution in [2.24, 2.45) is 0 Å². The summed E-state index contributed by atoms with van der Waals surface area (Å²) in [6.45, 7) is 1.64. The van der Waals surface area contributed by atoms with Gasteiger partial charge in [0.05, 0.1) is 18.4 Å². The first kappa shape index (κ1) is 13.1. The number of aromatic nitrogens is 1. The molecule has 1 N–H and O–H groups in total. The van der Waals surface area contributed by atoms with E-state index in [0.717, 1.165) is 0 Å². The molecule has 0 fully saturated rings. The van der Waals surface area contributed by atoms with Crippen molar-refractivity contribution in [2.75, 3.05) is 7.11 Å². The molecule has 0 aliphatic rings.